The summed E-state index contributed by atoms with van der Waals surface area (Å²) in [6.45, 7) is 18.8. The second-order valence-corrected chi connectivity index (χ2v) is 7.83. The van der Waals surface area contributed by atoms with Gasteiger partial charge in [0.05, 0.1) is 6.54 Å². The van der Waals surface area contributed by atoms with Crippen LogP contribution in [0.5, 0.6) is 0 Å². The van der Waals surface area contributed by atoms with Crippen LogP contribution in [0.4, 0.5) is 0 Å². The molecule has 0 aliphatic carbocycles. The number of likely N-dealkylation sites (N-methyl/N-ethyl adjacent to an activating group) is 1. The minimum absolute atomic E-state index is 0.532. The van der Waals surface area contributed by atoms with Crippen molar-refractivity contribution in [3.05, 3.63) is 0 Å². The zero-order chi connectivity index (χ0) is 17.9. The Kier molecular flexibility index (Phi) is 10.3. The average molecular weight is 340 g/mol. The van der Waals surface area contributed by atoms with Gasteiger partial charge in [-0.15, -0.1) is 0 Å². The number of piperazine rings is 1. The molecule has 0 saturated carbocycles. The van der Waals surface area contributed by atoms with Crippen molar-refractivity contribution >= 4 is 5.96 Å². The summed E-state index contributed by atoms with van der Waals surface area (Å²) in [6.07, 6.45) is 2.47. The molecule has 1 atom stereocenters. The molecule has 24 heavy (non-hydrogen) atoms. The maximum absolute atomic E-state index is 4.89. The second-order valence-electron chi connectivity index (χ2n) is 7.83. The smallest absolute Gasteiger partial charge is 0.191 e. The number of nitrogens with zero attached hydrogens (tertiary/aromatic N) is 3. The van der Waals surface area contributed by atoms with Crippen molar-refractivity contribution in [2.24, 2.45) is 16.8 Å². The molecule has 0 amide bonds. The summed E-state index contributed by atoms with van der Waals surface area (Å²) in [5, 5.41) is 6.88. The van der Waals surface area contributed by atoms with Gasteiger partial charge in [0.2, 0.25) is 0 Å². The molecule has 1 aliphatic rings. The topological polar surface area (TPSA) is 42.9 Å². The van der Waals surface area contributed by atoms with Crippen molar-refractivity contribution in [2.75, 3.05) is 52.9 Å². The van der Waals surface area contributed by atoms with Crippen LogP contribution in [0.2, 0.25) is 0 Å². The normalized spacial score (nSPS) is 19.1. The fraction of sp³-hybridized carbons (Fsp3) is 0.947. The van der Waals surface area contributed by atoms with E-state index >= 15 is 0 Å². The van der Waals surface area contributed by atoms with Crippen molar-refractivity contribution in [3.8, 4) is 0 Å². The van der Waals surface area contributed by atoms with Crippen LogP contribution in [-0.2, 0) is 0 Å². The highest BCUT2D eigenvalue weighted by atomic mass is 15.3. The molecule has 0 aromatic rings. The molecule has 0 aromatic heterocycles. The standard InChI is InChI=1S/C19H41N5/c1-7-20-19(21-10-8-9-16(2)3)22-15-18(17(4)5)24-13-11-23(6)12-14-24/h16-18H,7-15H2,1-6H3,(H2,20,21,22). The third kappa shape index (κ3) is 8.34. The van der Waals surface area contributed by atoms with Crippen molar-refractivity contribution in [3.63, 3.8) is 0 Å². The van der Waals surface area contributed by atoms with Crippen LogP contribution in [0.15, 0.2) is 4.99 Å². The highest BCUT2D eigenvalue weighted by molar-refractivity contribution is 5.79. The van der Waals surface area contributed by atoms with Gasteiger partial charge in [-0.05, 0) is 38.6 Å². The Morgan fingerprint density at radius 3 is 2.25 bits per heavy atom. The largest absolute Gasteiger partial charge is 0.357 e. The number of nitrogens with one attached hydrogen (secondary N) is 2. The summed E-state index contributed by atoms with van der Waals surface area (Å²) in [6, 6.07) is 0.532. The van der Waals surface area contributed by atoms with Crippen molar-refractivity contribution in [2.45, 2.75) is 53.5 Å². The third-order valence-corrected chi connectivity index (χ3v) is 4.81. The Bertz CT molecular complexity index is 346. The van der Waals surface area contributed by atoms with Gasteiger partial charge in [-0.25, -0.2) is 0 Å². The quantitative estimate of drug-likeness (QED) is 0.384. The molecule has 0 bridgehead atoms. The molecular weight excluding hydrogens is 298 g/mol. The van der Waals surface area contributed by atoms with E-state index in [0.717, 1.165) is 44.6 Å². The molecule has 5 nitrogen and oxygen atoms in total. The first-order valence-corrected chi connectivity index (χ1v) is 9.88. The Morgan fingerprint density at radius 1 is 1.04 bits per heavy atom. The Labute approximate surface area is 150 Å². The molecule has 1 aliphatic heterocycles. The van der Waals surface area contributed by atoms with Crippen molar-refractivity contribution in [1.82, 2.24) is 20.4 Å². The molecule has 1 rings (SSSR count). The molecule has 5 heteroatoms. The molecule has 0 radical (unpaired) electrons. The predicted molar refractivity (Wildman–Crippen MR) is 106 cm³/mol. The summed E-state index contributed by atoms with van der Waals surface area (Å²) in [4.78, 5) is 9.92. The summed E-state index contributed by atoms with van der Waals surface area (Å²) in [5.74, 6) is 2.37. The van der Waals surface area contributed by atoms with E-state index in [1.165, 1.54) is 25.9 Å². The van der Waals surface area contributed by atoms with E-state index in [1.54, 1.807) is 0 Å². The Hall–Kier alpha value is -0.810. The number of rotatable bonds is 9. The second kappa shape index (κ2) is 11.7. The molecule has 2 N–H and O–H groups in total. The Morgan fingerprint density at radius 2 is 1.71 bits per heavy atom. The summed E-state index contributed by atoms with van der Waals surface area (Å²) >= 11 is 0. The van der Waals surface area contributed by atoms with Gasteiger partial charge < -0.3 is 15.5 Å². The minimum Gasteiger partial charge on any atom is -0.357 e. The van der Waals surface area contributed by atoms with E-state index < -0.39 is 0 Å². The van der Waals surface area contributed by atoms with Gasteiger partial charge in [-0.1, -0.05) is 27.7 Å². The van der Waals surface area contributed by atoms with Crippen LogP contribution in [0, 0.1) is 11.8 Å². The SMILES string of the molecule is CCNC(=NCC(C(C)C)N1CCN(C)CC1)NCCCC(C)C. The third-order valence-electron chi connectivity index (χ3n) is 4.81. The van der Waals surface area contributed by atoms with Gasteiger partial charge in [0, 0.05) is 45.3 Å². The van der Waals surface area contributed by atoms with Gasteiger partial charge in [-0.3, -0.25) is 9.89 Å². The lowest BCUT2D eigenvalue weighted by Gasteiger charge is -2.39. The van der Waals surface area contributed by atoms with Gasteiger partial charge in [0.1, 0.15) is 0 Å². The molecule has 0 spiro atoms. The molecule has 0 aromatic carbocycles. The first kappa shape index (κ1) is 21.2. The summed E-state index contributed by atoms with van der Waals surface area (Å²) < 4.78 is 0. The molecule has 1 saturated heterocycles. The van der Waals surface area contributed by atoms with Gasteiger partial charge in [0.25, 0.3) is 0 Å². The fourth-order valence-corrected chi connectivity index (χ4v) is 3.15. The predicted octanol–water partition coefficient (Wildman–Crippen LogP) is 2.25. The zero-order valence-electron chi connectivity index (χ0n) is 16.9. The van der Waals surface area contributed by atoms with E-state index in [0.29, 0.717) is 12.0 Å². The van der Waals surface area contributed by atoms with Crippen molar-refractivity contribution < 1.29 is 0 Å². The Balaban J connectivity index is 2.53. The lowest BCUT2D eigenvalue weighted by molar-refractivity contribution is 0.0925. The maximum atomic E-state index is 4.89. The van der Waals surface area contributed by atoms with Gasteiger partial charge in [-0.2, -0.15) is 0 Å². The van der Waals surface area contributed by atoms with E-state index in [-0.39, 0.29) is 0 Å². The van der Waals surface area contributed by atoms with Gasteiger partial charge >= 0.3 is 0 Å². The number of aliphatic imine (C=N–C) groups is 1. The maximum Gasteiger partial charge on any atom is 0.191 e. The first-order valence-electron chi connectivity index (χ1n) is 9.88. The van der Waals surface area contributed by atoms with E-state index in [9.17, 15) is 0 Å². The van der Waals surface area contributed by atoms with Crippen LogP contribution < -0.4 is 10.6 Å². The lowest BCUT2D eigenvalue weighted by atomic mass is 10.0. The summed E-state index contributed by atoms with van der Waals surface area (Å²) in [5.41, 5.74) is 0. The monoisotopic (exact) mass is 339 g/mol. The van der Waals surface area contributed by atoms with Crippen LogP contribution in [0.3, 0.4) is 0 Å². The lowest BCUT2D eigenvalue weighted by Crippen LogP contribution is -2.52. The highest BCUT2D eigenvalue weighted by Gasteiger charge is 2.24. The number of hydrogen-bond acceptors (Lipinski definition) is 3. The van der Waals surface area contributed by atoms with Crippen molar-refractivity contribution in [1.29, 1.82) is 0 Å². The first-order chi connectivity index (χ1) is 11.4. The van der Waals surface area contributed by atoms with E-state index in [2.05, 4.69) is 62.1 Å². The number of hydrogen-bond donors (Lipinski definition) is 2. The number of guanidine groups is 1. The highest BCUT2D eigenvalue weighted by Crippen LogP contribution is 2.14. The summed E-state index contributed by atoms with van der Waals surface area (Å²) in [7, 11) is 2.21. The average Bonchev–Trinajstić information content (AvgIpc) is 2.52. The molecule has 1 fully saturated rings. The molecule has 1 heterocycles. The van der Waals surface area contributed by atoms with Gasteiger partial charge in [0.15, 0.2) is 5.96 Å². The minimum atomic E-state index is 0.532. The molecule has 142 valence electrons. The van der Waals surface area contributed by atoms with Crippen LogP contribution in [-0.4, -0.2) is 74.7 Å². The molecule has 1 unspecified atom stereocenters. The fourth-order valence-electron chi connectivity index (χ4n) is 3.15. The van der Waals surface area contributed by atoms with Crippen LogP contribution in [0.25, 0.3) is 0 Å². The zero-order valence-corrected chi connectivity index (χ0v) is 16.9. The molecular formula is C19H41N5. The van der Waals surface area contributed by atoms with Crippen LogP contribution >= 0.6 is 0 Å². The van der Waals surface area contributed by atoms with E-state index in [1.807, 2.05) is 0 Å². The van der Waals surface area contributed by atoms with Crippen LogP contribution in [0.1, 0.15) is 47.5 Å². The van der Waals surface area contributed by atoms with E-state index in [4.69, 9.17) is 4.99 Å².